The Morgan fingerprint density at radius 2 is 2.31 bits per heavy atom. The van der Waals surface area contributed by atoms with Gasteiger partial charge in [0, 0.05) is 6.07 Å². The molecule has 0 aromatic carbocycles. The molecule has 1 rings (SSSR count). The quantitative estimate of drug-likeness (QED) is 0.389. The third-order valence-corrected chi connectivity index (χ3v) is 1.84. The number of hydrazone groups is 1. The second-order valence-electron chi connectivity index (χ2n) is 3.08. The molecule has 0 bridgehead atoms. The van der Waals surface area contributed by atoms with Gasteiger partial charge in [0.05, 0.1) is 5.71 Å². The maximum atomic E-state index is 11.4. The summed E-state index contributed by atoms with van der Waals surface area (Å²) < 4.78 is 4.83. The van der Waals surface area contributed by atoms with Gasteiger partial charge >= 0.3 is 5.63 Å². The standard InChI is InChI=1S/C9H11N3O3S/c1-4-3-6(13)7(8(14)15-4)5(2)11-12-9(10)16/h3,13H,1-2H3,(H3,10,12,16)/b11-5-. The van der Waals surface area contributed by atoms with Gasteiger partial charge in [-0.15, -0.1) is 0 Å². The molecule has 1 aromatic heterocycles. The minimum Gasteiger partial charge on any atom is -0.507 e. The lowest BCUT2D eigenvalue weighted by Gasteiger charge is -2.03. The van der Waals surface area contributed by atoms with Crippen molar-refractivity contribution < 1.29 is 9.52 Å². The number of aryl methyl sites for hydroxylation is 1. The van der Waals surface area contributed by atoms with E-state index in [1.165, 1.54) is 13.0 Å². The molecular formula is C9H11N3O3S. The highest BCUT2D eigenvalue weighted by molar-refractivity contribution is 7.80. The van der Waals surface area contributed by atoms with Crippen molar-refractivity contribution in [3.63, 3.8) is 0 Å². The molecule has 1 heterocycles. The van der Waals surface area contributed by atoms with Crippen LogP contribution >= 0.6 is 12.2 Å². The first kappa shape index (κ1) is 12.2. The highest BCUT2D eigenvalue weighted by Gasteiger charge is 2.12. The Kier molecular flexibility index (Phi) is 3.62. The highest BCUT2D eigenvalue weighted by atomic mass is 32.1. The zero-order valence-electron chi connectivity index (χ0n) is 8.77. The summed E-state index contributed by atoms with van der Waals surface area (Å²) in [7, 11) is 0. The average molecular weight is 241 g/mol. The van der Waals surface area contributed by atoms with Crippen LogP contribution in [0.5, 0.6) is 5.75 Å². The molecule has 0 aliphatic rings. The lowest BCUT2D eigenvalue weighted by Crippen LogP contribution is -2.26. The highest BCUT2D eigenvalue weighted by Crippen LogP contribution is 2.14. The van der Waals surface area contributed by atoms with Gasteiger partial charge in [-0.05, 0) is 26.1 Å². The first-order chi connectivity index (χ1) is 7.41. The van der Waals surface area contributed by atoms with Crippen molar-refractivity contribution in [1.82, 2.24) is 5.43 Å². The second-order valence-corrected chi connectivity index (χ2v) is 3.52. The SMILES string of the molecule is C/C(=N/NC(N)=S)c1c(O)cc(C)oc1=O. The van der Waals surface area contributed by atoms with Crippen LogP contribution in [-0.2, 0) is 0 Å². The van der Waals surface area contributed by atoms with E-state index in [1.54, 1.807) is 6.92 Å². The molecule has 0 amide bonds. The lowest BCUT2D eigenvalue weighted by atomic mass is 10.2. The van der Waals surface area contributed by atoms with Crippen LogP contribution in [-0.4, -0.2) is 15.9 Å². The fourth-order valence-corrected chi connectivity index (χ4v) is 1.17. The Balaban J connectivity index is 3.18. The van der Waals surface area contributed by atoms with E-state index in [4.69, 9.17) is 10.2 Å². The number of aromatic hydroxyl groups is 1. The van der Waals surface area contributed by atoms with Gasteiger partial charge in [0.2, 0.25) is 0 Å². The van der Waals surface area contributed by atoms with E-state index in [2.05, 4.69) is 22.7 Å². The van der Waals surface area contributed by atoms with E-state index < -0.39 is 5.63 Å². The number of hydrogen-bond acceptors (Lipinski definition) is 5. The van der Waals surface area contributed by atoms with E-state index >= 15 is 0 Å². The Morgan fingerprint density at radius 1 is 1.69 bits per heavy atom. The third-order valence-electron chi connectivity index (χ3n) is 1.75. The summed E-state index contributed by atoms with van der Waals surface area (Å²) in [6.07, 6.45) is 0. The number of nitrogens with zero attached hydrogens (tertiary/aromatic N) is 1. The zero-order valence-corrected chi connectivity index (χ0v) is 9.59. The summed E-state index contributed by atoms with van der Waals surface area (Å²) in [6.45, 7) is 3.08. The summed E-state index contributed by atoms with van der Waals surface area (Å²) in [5.41, 5.74) is 7.04. The Hall–Kier alpha value is -1.89. The molecule has 0 spiro atoms. The lowest BCUT2D eigenvalue weighted by molar-refractivity contribution is 0.432. The molecule has 86 valence electrons. The Bertz CT molecular complexity index is 507. The van der Waals surface area contributed by atoms with E-state index in [-0.39, 0.29) is 22.1 Å². The van der Waals surface area contributed by atoms with Gasteiger partial charge in [0.1, 0.15) is 17.1 Å². The molecule has 0 radical (unpaired) electrons. The molecule has 0 fully saturated rings. The number of nitrogens with one attached hydrogen (secondary N) is 1. The fraction of sp³-hybridized carbons (Fsp3) is 0.222. The van der Waals surface area contributed by atoms with Gasteiger partial charge < -0.3 is 15.3 Å². The van der Waals surface area contributed by atoms with Crippen molar-refractivity contribution in [2.75, 3.05) is 0 Å². The first-order valence-corrected chi connectivity index (χ1v) is 4.76. The Labute approximate surface area is 96.8 Å². The molecule has 0 saturated heterocycles. The van der Waals surface area contributed by atoms with Crippen molar-refractivity contribution in [3.05, 3.63) is 27.8 Å². The molecule has 7 heteroatoms. The van der Waals surface area contributed by atoms with Gasteiger partial charge in [0.15, 0.2) is 5.11 Å². The molecule has 16 heavy (non-hydrogen) atoms. The summed E-state index contributed by atoms with van der Waals surface area (Å²) in [4.78, 5) is 11.4. The predicted octanol–water partition coefficient (Wildman–Crippen LogP) is 0.211. The van der Waals surface area contributed by atoms with Crippen LogP contribution in [0, 0.1) is 6.92 Å². The van der Waals surface area contributed by atoms with Gasteiger partial charge in [-0.3, -0.25) is 5.43 Å². The molecule has 6 nitrogen and oxygen atoms in total. The van der Waals surface area contributed by atoms with Crippen molar-refractivity contribution in [2.24, 2.45) is 10.8 Å². The molecule has 4 N–H and O–H groups in total. The van der Waals surface area contributed by atoms with Crippen molar-refractivity contribution in [2.45, 2.75) is 13.8 Å². The molecule has 0 atom stereocenters. The van der Waals surface area contributed by atoms with Gasteiger partial charge in [0.25, 0.3) is 0 Å². The van der Waals surface area contributed by atoms with Gasteiger partial charge in [-0.25, -0.2) is 4.79 Å². The van der Waals surface area contributed by atoms with Crippen LogP contribution < -0.4 is 16.8 Å². The molecule has 0 aliphatic heterocycles. The molecule has 0 saturated carbocycles. The fourth-order valence-electron chi connectivity index (χ4n) is 1.12. The number of thiocarbonyl (C=S) groups is 1. The molecule has 1 aromatic rings. The Morgan fingerprint density at radius 3 is 2.81 bits per heavy atom. The van der Waals surface area contributed by atoms with Crippen LogP contribution in [0.4, 0.5) is 0 Å². The maximum absolute atomic E-state index is 11.4. The van der Waals surface area contributed by atoms with E-state index in [9.17, 15) is 9.90 Å². The minimum atomic E-state index is -0.663. The third kappa shape index (κ3) is 2.80. The van der Waals surface area contributed by atoms with Crippen LogP contribution in [0.3, 0.4) is 0 Å². The van der Waals surface area contributed by atoms with Gasteiger partial charge in [-0.1, -0.05) is 0 Å². The number of nitrogens with two attached hydrogens (primary N) is 1. The van der Waals surface area contributed by atoms with Crippen LogP contribution in [0.1, 0.15) is 18.2 Å². The summed E-state index contributed by atoms with van der Waals surface area (Å²) in [6, 6.07) is 1.33. The maximum Gasteiger partial charge on any atom is 0.348 e. The second kappa shape index (κ2) is 4.75. The smallest absolute Gasteiger partial charge is 0.348 e. The molecular weight excluding hydrogens is 230 g/mol. The van der Waals surface area contributed by atoms with E-state index in [1.807, 2.05) is 0 Å². The largest absolute Gasteiger partial charge is 0.507 e. The number of rotatable bonds is 2. The summed E-state index contributed by atoms with van der Waals surface area (Å²) >= 11 is 4.55. The van der Waals surface area contributed by atoms with Crippen LogP contribution in [0.15, 0.2) is 20.4 Å². The van der Waals surface area contributed by atoms with Crippen molar-refractivity contribution >= 4 is 23.0 Å². The zero-order chi connectivity index (χ0) is 12.3. The predicted molar refractivity (Wildman–Crippen MR) is 63.5 cm³/mol. The molecule has 0 unspecified atom stereocenters. The monoisotopic (exact) mass is 241 g/mol. The van der Waals surface area contributed by atoms with Crippen LogP contribution in [0.25, 0.3) is 0 Å². The van der Waals surface area contributed by atoms with Crippen molar-refractivity contribution in [3.8, 4) is 5.75 Å². The summed E-state index contributed by atoms with van der Waals surface area (Å²) in [5.74, 6) is 0.126. The van der Waals surface area contributed by atoms with Crippen LogP contribution in [0.2, 0.25) is 0 Å². The average Bonchev–Trinajstić information content (AvgIpc) is 2.12. The van der Waals surface area contributed by atoms with Gasteiger partial charge in [-0.2, -0.15) is 5.10 Å². The minimum absolute atomic E-state index is 0.0191. The summed E-state index contributed by atoms with van der Waals surface area (Å²) in [5, 5.41) is 13.3. The molecule has 0 aliphatic carbocycles. The van der Waals surface area contributed by atoms with Crippen molar-refractivity contribution in [1.29, 1.82) is 0 Å². The normalized spacial score (nSPS) is 11.2. The van der Waals surface area contributed by atoms with E-state index in [0.717, 1.165) is 0 Å². The number of hydrogen-bond donors (Lipinski definition) is 3. The first-order valence-electron chi connectivity index (χ1n) is 4.35. The van der Waals surface area contributed by atoms with E-state index in [0.29, 0.717) is 5.76 Å². The topological polar surface area (TPSA) is 101 Å².